The third-order valence-corrected chi connectivity index (χ3v) is 4.65. The summed E-state index contributed by atoms with van der Waals surface area (Å²) in [6.07, 6.45) is 1.73. The van der Waals surface area contributed by atoms with Crippen LogP contribution in [0.15, 0.2) is 53.7 Å². The van der Waals surface area contributed by atoms with Gasteiger partial charge in [-0.25, -0.2) is 0 Å². The maximum Gasteiger partial charge on any atom is 0.234 e. The lowest BCUT2D eigenvalue weighted by Crippen LogP contribution is -2.14. The van der Waals surface area contributed by atoms with Crippen molar-refractivity contribution in [3.05, 3.63) is 59.8 Å². The zero-order chi connectivity index (χ0) is 16.2. The first kappa shape index (κ1) is 15.5. The van der Waals surface area contributed by atoms with Crippen LogP contribution in [0.3, 0.4) is 0 Å². The SMILES string of the molecule is Cc1ccc(NC(=O)CSc2nncc3ccccc23)cc1C. The van der Waals surface area contributed by atoms with E-state index < -0.39 is 0 Å². The Morgan fingerprint density at radius 2 is 1.96 bits per heavy atom. The van der Waals surface area contributed by atoms with Crippen molar-refractivity contribution in [2.75, 3.05) is 11.1 Å². The summed E-state index contributed by atoms with van der Waals surface area (Å²) in [5.74, 6) is 0.253. The van der Waals surface area contributed by atoms with E-state index in [1.54, 1.807) is 6.20 Å². The van der Waals surface area contributed by atoms with Gasteiger partial charge in [-0.2, -0.15) is 5.10 Å². The van der Waals surface area contributed by atoms with Crippen LogP contribution < -0.4 is 5.32 Å². The summed E-state index contributed by atoms with van der Waals surface area (Å²) < 4.78 is 0. The highest BCUT2D eigenvalue weighted by atomic mass is 32.2. The number of thioether (sulfide) groups is 1. The van der Waals surface area contributed by atoms with Crippen molar-refractivity contribution in [3.63, 3.8) is 0 Å². The normalized spacial score (nSPS) is 10.7. The molecule has 3 aromatic rings. The molecular formula is C18H17N3OS. The molecule has 1 amide bonds. The monoisotopic (exact) mass is 323 g/mol. The van der Waals surface area contributed by atoms with Gasteiger partial charge in [0.15, 0.2) is 0 Å². The second kappa shape index (κ2) is 6.79. The Morgan fingerprint density at radius 1 is 1.13 bits per heavy atom. The molecule has 5 heteroatoms. The average molecular weight is 323 g/mol. The predicted molar refractivity (Wildman–Crippen MR) is 94.8 cm³/mol. The molecule has 0 spiro atoms. The highest BCUT2D eigenvalue weighted by molar-refractivity contribution is 8.00. The first-order chi connectivity index (χ1) is 11.1. The number of aryl methyl sites for hydroxylation is 2. The maximum atomic E-state index is 12.1. The van der Waals surface area contributed by atoms with E-state index in [0.29, 0.717) is 5.75 Å². The number of fused-ring (bicyclic) bond motifs is 1. The smallest absolute Gasteiger partial charge is 0.234 e. The first-order valence-corrected chi connectivity index (χ1v) is 8.32. The molecule has 3 rings (SSSR count). The lowest BCUT2D eigenvalue weighted by atomic mass is 10.1. The summed E-state index contributed by atoms with van der Waals surface area (Å²) in [4.78, 5) is 12.1. The van der Waals surface area contributed by atoms with Gasteiger partial charge in [0.05, 0.1) is 11.9 Å². The molecule has 0 aliphatic heterocycles. The van der Waals surface area contributed by atoms with Gasteiger partial charge in [-0.05, 0) is 37.1 Å². The lowest BCUT2D eigenvalue weighted by Gasteiger charge is -2.08. The molecule has 116 valence electrons. The van der Waals surface area contributed by atoms with Gasteiger partial charge < -0.3 is 5.32 Å². The van der Waals surface area contributed by atoms with E-state index >= 15 is 0 Å². The van der Waals surface area contributed by atoms with Crippen molar-refractivity contribution in [1.29, 1.82) is 0 Å². The summed E-state index contributed by atoms with van der Waals surface area (Å²) in [5.41, 5.74) is 3.20. The summed E-state index contributed by atoms with van der Waals surface area (Å²) in [5, 5.41) is 13.9. The number of anilines is 1. The van der Waals surface area contributed by atoms with Gasteiger partial charge in [-0.1, -0.05) is 42.1 Å². The van der Waals surface area contributed by atoms with Crippen LogP contribution >= 0.6 is 11.8 Å². The molecular weight excluding hydrogens is 306 g/mol. The van der Waals surface area contributed by atoms with Crippen molar-refractivity contribution < 1.29 is 4.79 Å². The molecule has 0 atom stereocenters. The molecule has 0 aliphatic carbocycles. The third kappa shape index (κ3) is 3.68. The Hall–Kier alpha value is -2.40. The topological polar surface area (TPSA) is 54.9 Å². The van der Waals surface area contributed by atoms with Crippen LogP contribution in [0, 0.1) is 13.8 Å². The van der Waals surface area contributed by atoms with Gasteiger partial charge in [0.2, 0.25) is 5.91 Å². The molecule has 0 unspecified atom stereocenters. The summed E-state index contributed by atoms with van der Waals surface area (Å²) in [6, 6.07) is 13.8. The van der Waals surface area contributed by atoms with Crippen molar-refractivity contribution in [3.8, 4) is 0 Å². The van der Waals surface area contributed by atoms with E-state index in [-0.39, 0.29) is 5.91 Å². The van der Waals surface area contributed by atoms with Crippen LogP contribution in [0.2, 0.25) is 0 Å². The van der Waals surface area contributed by atoms with E-state index in [2.05, 4.69) is 22.4 Å². The fourth-order valence-electron chi connectivity index (χ4n) is 2.26. The summed E-state index contributed by atoms with van der Waals surface area (Å²) in [7, 11) is 0. The maximum absolute atomic E-state index is 12.1. The van der Waals surface area contributed by atoms with E-state index in [1.807, 2.05) is 49.4 Å². The van der Waals surface area contributed by atoms with E-state index in [4.69, 9.17) is 0 Å². The van der Waals surface area contributed by atoms with Gasteiger partial charge in [0.25, 0.3) is 0 Å². The third-order valence-electron chi connectivity index (χ3n) is 3.67. The highest BCUT2D eigenvalue weighted by Crippen LogP contribution is 2.24. The number of hydrogen-bond acceptors (Lipinski definition) is 4. The second-order valence-electron chi connectivity index (χ2n) is 5.37. The van der Waals surface area contributed by atoms with Gasteiger partial charge in [-0.3, -0.25) is 4.79 Å². The number of carbonyl (C=O) groups excluding carboxylic acids is 1. The minimum atomic E-state index is -0.0482. The second-order valence-corrected chi connectivity index (χ2v) is 6.34. The quantitative estimate of drug-likeness (QED) is 0.738. The van der Waals surface area contributed by atoms with Gasteiger partial charge in [-0.15, -0.1) is 5.10 Å². The molecule has 23 heavy (non-hydrogen) atoms. The number of rotatable bonds is 4. The van der Waals surface area contributed by atoms with Crippen LogP contribution in [-0.4, -0.2) is 21.9 Å². The van der Waals surface area contributed by atoms with Gasteiger partial charge >= 0.3 is 0 Å². The lowest BCUT2D eigenvalue weighted by molar-refractivity contribution is -0.113. The number of aromatic nitrogens is 2. The van der Waals surface area contributed by atoms with Crippen molar-refractivity contribution in [1.82, 2.24) is 10.2 Å². The van der Waals surface area contributed by atoms with Crippen molar-refractivity contribution in [2.45, 2.75) is 18.9 Å². The van der Waals surface area contributed by atoms with Crippen LogP contribution in [-0.2, 0) is 4.79 Å². The fourth-order valence-corrected chi connectivity index (χ4v) is 3.04. The van der Waals surface area contributed by atoms with Gasteiger partial charge in [0.1, 0.15) is 5.03 Å². The number of carbonyl (C=O) groups is 1. The Morgan fingerprint density at radius 3 is 2.78 bits per heavy atom. The molecule has 0 fully saturated rings. The number of nitrogens with one attached hydrogen (secondary N) is 1. The number of benzene rings is 2. The molecule has 0 bridgehead atoms. The van der Waals surface area contributed by atoms with E-state index in [1.165, 1.54) is 17.3 Å². The van der Waals surface area contributed by atoms with Crippen LogP contribution in [0.5, 0.6) is 0 Å². The predicted octanol–water partition coefficient (Wildman–Crippen LogP) is 3.98. The minimum absolute atomic E-state index is 0.0482. The van der Waals surface area contributed by atoms with Crippen molar-refractivity contribution >= 4 is 34.1 Å². The fraction of sp³-hybridized carbons (Fsp3) is 0.167. The number of nitrogens with zero attached hydrogens (tertiary/aromatic N) is 2. The molecule has 4 nitrogen and oxygen atoms in total. The Bertz CT molecular complexity index is 859. The molecule has 2 aromatic carbocycles. The minimum Gasteiger partial charge on any atom is -0.325 e. The molecule has 0 aliphatic rings. The Kier molecular flexibility index (Phi) is 4.57. The van der Waals surface area contributed by atoms with E-state index in [9.17, 15) is 4.79 Å². The average Bonchev–Trinajstić information content (AvgIpc) is 2.56. The standard InChI is InChI=1S/C18H17N3OS/c1-12-7-8-15(9-13(12)2)20-17(22)11-23-18-16-6-4-3-5-14(16)10-19-21-18/h3-10H,11H2,1-2H3,(H,20,22). The molecule has 1 N–H and O–H groups in total. The number of amides is 1. The summed E-state index contributed by atoms with van der Waals surface area (Å²) in [6.45, 7) is 4.08. The van der Waals surface area contributed by atoms with Crippen LogP contribution in [0.4, 0.5) is 5.69 Å². The molecule has 0 saturated heterocycles. The van der Waals surface area contributed by atoms with E-state index in [0.717, 1.165) is 27.0 Å². The molecule has 0 saturated carbocycles. The zero-order valence-corrected chi connectivity index (χ0v) is 13.9. The Balaban J connectivity index is 1.67. The molecule has 0 radical (unpaired) electrons. The Labute approximate surface area is 139 Å². The van der Waals surface area contributed by atoms with Gasteiger partial charge in [0, 0.05) is 16.5 Å². The molecule has 1 heterocycles. The molecule has 1 aromatic heterocycles. The number of hydrogen-bond donors (Lipinski definition) is 1. The largest absolute Gasteiger partial charge is 0.325 e. The zero-order valence-electron chi connectivity index (χ0n) is 13.0. The highest BCUT2D eigenvalue weighted by Gasteiger charge is 2.08. The summed E-state index contributed by atoms with van der Waals surface area (Å²) >= 11 is 1.40. The van der Waals surface area contributed by atoms with Crippen molar-refractivity contribution in [2.24, 2.45) is 0 Å². The van der Waals surface area contributed by atoms with Crippen LogP contribution in [0.25, 0.3) is 10.8 Å². The van der Waals surface area contributed by atoms with Crippen LogP contribution in [0.1, 0.15) is 11.1 Å². The first-order valence-electron chi connectivity index (χ1n) is 7.34.